The number of hydrogen-bond acceptors (Lipinski definition) is 3. The van der Waals surface area contributed by atoms with E-state index in [4.69, 9.17) is 5.11 Å². The lowest BCUT2D eigenvalue weighted by Gasteiger charge is -2.17. The summed E-state index contributed by atoms with van der Waals surface area (Å²) in [6, 6.07) is 13.8. The quantitative estimate of drug-likeness (QED) is 0.708. The molecule has 6 nitrogen and oxygen atoms in total. The number of aliphatic carboxylic acids is 1. The molecule has 1 atom stereocenters. The van der Waals surface area contributed by atoms with Crippen LogP contribution in [0.25, 0.3) is 0 Å². The van der Waals surface area contributed by atoms with Crippen LogP contribution in [-0.4, -0.2) is 22.9 Å². The summed E-state index contributed by atoms with van der Waals surface area (Å²) in [5.74, 6) is -1.79. The van der Waals surface area contributed by atoms with Crippen molar-refractivity contribution in [3.8, 4) is 0 Å². The Balaban J connectivity index is 1.96. The van der Waals surface area contributed by atoms with Crippen LogP contribution in [0.3, 0.4) is 0 Å². The fourth-order valence-corrected chi connectivity index (χ4v) is 2.42. The minimum Gasteiger partial charge on any atom is -0.481 e. The van der Waals surface area contributed by atoms with Crippen LogP contribution in [0.5, 0.6) is 0 Å². The van der Waals surface area contributed by atoms with Gasteiger partial charge >= 0.3 is 5.97 Å². The first-order chi connectivity index (χ1) is 13.1. The van der Waals surface area contributed by atoms with Gasteiger partial charge in [0.25, 0.3) is 5.91 Å². The summed E-state index contributed by atoms with van der Waals surface area (Å²) >= 11 is 0. The Bertz CT molecular complexity index is 850. The molecule has 2 aromatic carbocycles. The second kappa shape index (κ2) is 8.69. The highest BCUT2D eigenvalue weighted by Gasteiger charge is 2.20. The van der Waals surface area contributed by atoms with Crippen molar-refractivity contribution in [1.29, 1.82) is 0 Å². The monoisotopic (exact) mass is 382 g/mol. The Morgan fingerprint density at radius 3 is 2.04 bits per heavy atom. The predicted molar refractivity (Wildman–Crippen MR) is 108 cm³/mol. The lowest BCUT2D eigenvalue weighted by atomic mass is 9.95. The van der Waals surface area contributed by atoms with E-state index in [1.807, 2.05) is 20.8 Å². The van der Waals surface area contributed by atoms with E-state index in [-0.39, 0.29) is 11.8 Å². The van der Waals surface area contributed by atoms with Gasteiger partial charge in [-0.3, -0.25) is 14.4 Å². The third kappa shape index (κ3) is 5.67. The van der Waals surface area contributed by atoms with Crippen molar-refractivity contribution in [1.82, 2.24) is 5.32 Å². The van der Waals surface area contributed by atoms with Crippen molar-refractivity contribution >= 4 is 23.5 Å². The molecule has 0 saturated carbocycles. The number of amides is 2. The van der Waals surface area contributed by atoms with E-state index in [0.29, 0.717) is 23.4 Å². The predicted octanol–water partition coefficient (Wildman–Crippen LogP) is 3.79. The average molecular weight is 382 g/mol. The van der Waals surface area contributed by atoms with Crippen LogP contribution in [-0.2, 0) is 16.1 Å². The SMILES string of the molecule is CC(C(=O)O)c1ccc(NC(=O)c2ccc(CNC(=O)C(C)(C)C)cc2)cc1. The van der Waals surface area contributed by atoms with Crippen molar-refractivity contribution in [2.45, 2.75) is 40.2 Å². The van der Waals surface area contributed by atoms with Gasteiger partial charge in [0.2, 0.25) is 5.91 Å². The van der Waals surface area contributed by atoms with Gasteiger partial charge in [0, 0.05) is 23.2 Å². The molecule has 0 bridgehead atoms. The van der Waals surface area contributed by atoms with Gasteiger partial charge in [-0.15, -0.1) is 0 Å². The van der Waals surface area contributed by atoms with Crippen LogP contribution < -0.4 is 10.6 Å². The number of anilines is 1. The first-order valence-corrected chi connectivity index (χ1v) is 9.09. The number of benzene rings is 2. The van der Waals surface area contributed by atoms with E-state index >= 15 is 0 Å². The summed E-state index contributed by atoms with van der Waals surface area (Å²) < 4.78 is 0. The Morgan fingerprint density at radius 1 is 0.964 bits per heavy atom. The summed E-state index contributed by atoms with van der Waals surface area (Å²) in [7, 11) is 0. The van der Waals surface area contributed by atoms with E-state index in [1.165, 1.54) is 0 Å². The highest BCUT2D eigenvalue weighted by molar-refractivity contribution is 6.04. The highest BCUT2D eigenvalue weighted by Crippen LogP contribution is 2.19. The van der Waals surface area contributed by atoms with Crippen molar-refractivity contribution in [3.05, 3.63) is 65.2 Å². The normalized spacial score (nSPS) is 12.1. The minimum absolute atomic E-state index is 0.0324. The summed E-state index contributed by atoms with van der Waals surface area (Å²) in [4.78, 5) is 35.3. The fraction of sp³-hybridized carbons (Fsp3) is 0.318. The Kier molecular flexibility index (Phi) is 6.57. The van der Waals surface area contributed by atoms with E-state index in [2.05, 4.69) is 10.6 Å². The second-order valence-electron chi connectivity index (χ2n) is 7.77. The van der Waals surface area contributed by atoms with Crippen LogP contribution in [0.2, 0.25) is 0 Å². The highest BCUT2D eigenvalue weighted by atomic mass is 16.4. The van der Waals surface area contributed by atoms with Crippen LogP contribution in [0, 0.1) is 5.41 Å². The molecule has 0 aliphatic heterocycles. The summed E-state index contributed by atoms with van der Waals surface area (Å²) in [6.45, 7) is 7.57. The summed E-state index contributed by atoms with van der Waals surface area (Å²) in [6.07, 6.45) is 0. The fourth-order valence-electron chi connectivity index (χ4n) is 2.42. The van der Waals surface area contributed by atoms with Gasteiger partial charge in [0.1, 0.15) is 0 Å². The largest absolute Gasteiger partial charge is 0.481 e. The number of rotatable bonds is 6. The molecule has 0 aliphatic carbocycles. The molecule has 2 amide bonds. The van der Waals surface area contributed by atoms with Gasteiger partial charge in [-0.1, -0.05) is 45.0 Å². The molecule has 2 aromatic rings. The van der Waals surface area contributed by atoms with Gasteiger partial charge < -0.3 is 15.7 Å². The smallest absolute Gasteiger partial charge is 0.310 e. The maximum Gasteiger partial charge on any atom is 0.310 e. The van der Waals surface area contributed by atoms with Gasteiger partial charge in [0.05, 0.1) is 5.92 Å². The topological polar surface area (TPSA) is 95.5 Å². The Labute approximate surface area is 165 Å². The molecule has 6 heteroatoms. The third-order valence-corrected chi connectivity index (χ3v) is 4.39. The van der Waals surface area contributed by atoms with Crippen LogP contribution in [0.1, 0.15) is 55.1 Å². The van der Waals surface area contributed by atoms with Crippen molar-refractivity contribution in [2.75, 3.05) is 5.32 Å². The van der Waals surface area contributed by atoms with Crippen LogP contribution >= 0.6 is 0 Å². The van der Waals surface area contributed by atoms with E-state index in [0.717, 1.165) is 5.56 Å². The molecule has 0 radical (unpaired) electrons. The molecule has 2 rings (SSSR count). The first-order valence-electron chi connectivity index (χ1n) is 9.09. The number of carboxylic acids is 1. The number of hydrogen-bond donors (Lipinski definition) is 3. The van der Waals surface area contributed by atoms with Gasteiger partial charge in [-0.25, -0.2) is 0 Å². The maximum absolute atomic E-state index is 12.4. The molecule has 28 heavy (non-hydrogen) atoms. The third-order valence-electron chi connectivity index (χ3n) is 4.39. The zero-order chi connectivity index (χ0) is 20.9. The molecule has 0 aliphatic rings. The van der Waals surface area contributed by atoms with E-state index < -0.39 is 17.3 Å². The Morgan fingerprint density at radius 2 is 1.54 bits per heavy atom. The van der Waals surface area contributed by atoms with E-state index in [9.17, 15) is 14.4 Å². The molecule has 0 aromatic heterocycles. The van der Waals surface area contributed by atoms with Gasteiger partial charge in [-0.2, -0.15) is 0 Å². The molecule has 0 heterocycles. The molecule has 1 unspecified atom stereocenters. The van der Waals surface area contributed by atoms with Crippen molar-refractivity contribution in [2.24, 2.45) is 5.41 Å². The van der Waals surface area contributed by atoms with Crippen LogP contribution in [0.15, 0.2) is 48.5 Å². The molecule has 0 fully saturated rings. The Hall–Kier alpha value is -3.15. The first kappa shape index (κ1) is 21.2. The van der Waals surface area contributed by atoms with Gasteiger partial charge in [-0.05, 0) is 42.3 Å². The summed E-state index contributed by atoms with van der Waals surface area (Å²) in [5.41, 5.74) is 2.22. The van der Waals surface area contributed by atoms with Crippen molar-refractivity contribution < 1.29 is 19.5 Å². The summed E-state index contributed by atoms with van der Waals surface area (Å²) in [5, 5.41) is 14.7. The number of nitrogens with one attached hydrogen (secondary N) is 2. The standard InChI is InChI=1S/C22H26N2O4/c1-14(20(26)27)16-9-11-18(12-10-16)24-19(25)17-7-5-15(6-8-17)13-23-21(28)22(2,3)4/h5-12,14H,13H2,1-4H3,(H,23,28)(H,24,25)(H,26,27). The molecule has 0 saturated heterocycles. The lowest BCUT2D eigenvalue weighted by molar-refractivity contribution is -0.138. The average Bonchev–Trinajstić information content (AvgIpc) is 2.65. The molecule has 0 spiro atoms. The maximum atomic E-state index is 12.4. The molecular weight excluding hydrogens is 356 g/mol. The number of carboxylic acid groups (broad SMARTS) is 1. The molecule has 3 N–H and O–H groups in total. The van der Waals surface area contributed by atoms with E-state index in [1.54, 1.807) is 55.5 Å². The second-order valence-corrected chi connectivity index (χ2v) is 7.77. The van der Waals surface area contributed by atoms with Crippen LogP contribution in [0.4, 0.5) is 5.69 Å². The van der Waals surface area contributed by atoms with Crippen molar-refractivity contribution in [3.63, 3.8) is 0 Å². The zero-order valence-electron chi connectivity index (χ0n) is 16.6. The molecular formula is C22H26N2O4. The lowest BCUT2D eigenvalue weighted by Crippen LogP contribution is -2.34. The number of carbonyl (C=O) groups excluding carboxylic acids is 2. The number of carbonyl (C=O) groups is 3. The molecule has 148 valence electrons. The minimum atomic E-state index is -0.893. The van der Waals surface area contributed by atoms with Gasteiger partial charge in [0.15, 0.2) is 0 Å². The zero-order valence-corrected chi connectivity index (χ0v) is 16.6.